The van der Waals surface area contributed by atoms with E-state index in [1.54, 1.807) is 19.5 Å². The summed E-state index contributed by atoms with van der Waals surface area (Å²) in [4.78, 5) is 13.6. The lowest BCUT2D eigenvalue weighted by atomic mass is 9.96. The second kappa shape index (κ2) is 5.81. The molecule has 6 heteroatoms. The molecule has 3 aromatic heterocycles. The Kier molecular flexibility index (Phi) is 3.50. The fourth-order valence-corrected chi connectivity index (χ4v) is 2.74. The van der Waals surface area contributed by atoms with Gasteiger partial charge in [-0.15, -0.1) is 0 Å². The molecule has 5 nitrogen and oxygen atoms in total. The number of fused-ring (bicyclic) bond motifs is 1. The lowest BCUT2D eigenvalue weighted by Gasteiger charge is -2.09. The van der Waals surface area contributed by atoms with Crippen LogP contribution in [0.1, 0.15) is 0 Å². The largest absolute Gasteiger partial charge is 0.481 e. The van der Waals surface area contributed by atoms with E-state index in [1.165, 1.54) is 5.46 Å². The van der Waals surface area contributed by atoms with Crippen LogP contribution in [-0.2, 0) is 0 Å². The van der Waals surface area contributed by atoms with Crippen LogP contribution in [0.25, 0.3) is 28.2 Å². The summed E-state index contributed by atoms with van der Waals surface area (Å²) in [6.07, 6.45) is 3.56. The van der Waals surface area contributed by atoms with Crippen molar-refractivity contribution in [1.29, 1.82) is 0 Å². The first-order valence-corrected chi connectivity index (χ1v) is 7.67. The van der Waals surface area contributed by atoms with Crippen molar-refractivity contribution in [2.24, 2.45) is 0 Å². The molecule has 4 rings (SSSR count). The third-order valence-corrected chi connectivity index (χ3v) is 3.89. The predicted molar refractivity (Wildman–Crippen MR) is 96.8 cm³/mol. The highest BCUT2D eigenvalue weighted by molar-refractivity contribution is 6.33. The zero-order chi connectivity index (χ0) is 16.5. The second-order valence-corrected chi connectivity index (χ2v) is 5.54. The lowest BCUT2D eigenvalue weighted by Crippen LogP contribution is -2.02. The van der Waals surface area contributed by atoms with E-state index in [2.05, 4.69) is 40.6 Å². The minimum Gasteiger partial charge on any atom is -0.481 e. The Balaban J connectivity index is 2.00. The minimum absolute atomic E-state index is 0.582. The Morgan fingerprint density at radius 1 is 1.04 bits per heavy atom. The van der Waals surface area contributed by atoms with Crippen LogP contribution in [0, 0.1) is 0 Å². The Labute approximate surface area is 140 Å². The maximum Gasteiger partial charge on any atom is 0.213 e. The predicted octanol–water partition coefficient (Wildman–Crippen LogP) is 1.75. The second-order valence-electron chi connectivity index (χ2n) is 5.54. The van der Waals surface area contributed by atoms with E-state index in [4.69, 9.17) is 9.72 Å². The Bertz CT molecular complexity index is 997. The molecule has 3 heterocycles. The van der Waals surface area contributed by atoms with Crippen molar-refractivity contribution in [2.75, 3.05) is 7.11 Å². The van der Waals surface area contributed by atoms with Crippen molar-refractivity contribution >= 4 is 24.3 Å². The molecule has 0 aliphatic rings. The smallest absolute Gasteiger partial charge is 0.213 e. The van der Waals surface area contributed by atoms with Crippen LogP contribution in [0.2, 0.25) is 0 Å². The molecule has 116 valence electrons. The summed E-state index contributed by atoms with van der Waals surface area (Å²) in [5.74, 6) is 1.38. The van der Waals surface area contributed by atoms with Gasteiger partial charge in [-0.05, 0) is 30.3 Å². The van der Waals surface area contributed by atoms with Crippen LogP contribution >= 0.6 is 0 Å². The summed E-state index contributed by atoms with van der Waals surface area (Å²) in [7, 11) is 3.67. The first-order chi connectivity index (χ1) is 11.8. The van der Waals surface area contributed by atoms with Gasteiger partial charge in [0, 0.05) is 12.3 Å². The normalized spacial score (nSPS) is 10.9. The van der Waals surface area contributed by atoms with Crippen LogP contribution in [0.15, 0.2) is 60.9 Å². The number of aromatic nitrogens is 4. The Morgan fingerprint density at radius 3 is 2.67 bits per heavy atom. The molecule has 0 aliphatic carbocycles. The molecule has 4 aromatic rings. The van der Waals surface area contributed by atoms with Gasteiger partial charge in [0.05, 0.1) is 30.0 Å². The van der Waals surface area contributed by atoms with Crippen LogP contribution in [0.4, 0.5) is 0 Å². The molecule has 1 aromatic carbocycles. The maximum atomic E-state index is 5.16. The average molecular weight is 314 g/mol. The van der Waals surface area contributed by atoms with E-state index < -0.39 is 0 Å². The Morgan fingerprint density at radius 2 is 1.96 bits per heavy atom. The molecule has 0 spiro atoms. The van der Waals surface area contributed by atoms with Gasteiger partial charge >= 0.3 is 0 Å². The van der Waals surface area contributed by atoms with Gasteiger partial charge in [0.25, 0.3) is 0 Å². The minimum atomic E-state index is 0.582. The number of methoxy groups -OCH3 is 1. The first kappa shape index (κ1) is 14.4. The highest BCUT2D eigenvalue weighted by Gasteiger charge is 2.15. The number of pyridine rings is 2. The van der Waals surface area contributed by atoms with Gasteiger partial charge in [0.2, 0.25) is 5.88 Å². The summed E-state index contributed by atoms with van der Waals surface area (Å²) < 4.78 is 7.23. The summed E-state index contributed by atoms with van der Waals surface area (Å²) in [6, 6.07) is 15.9. The van der Waals surface area contributed by atoms with Gasteiger partial charge in [0.15, 0.2) is 5.82 Å². The van der Waals surface area contributed by atoms with E-state index >= 15 is 0 Å². The molecule has 0 unspecified atom stereocenters. The molecule has 0 bridgehead atoms. The topological polar surface area (TPSA) is 52.8 Å². The van der Waals surface area contributed by atoms with Crippen LogP contribution in [-0.4, -0.2) is 34.5 Å². The molecule has 0 aliphatic heterocycles. The van der Waals surface area contributed by atoms with Gasteiger partial charge in [-0.1, -0.05) is 17.6 Å². The molecular weight excluding hydrogens is 299 g/mol. The van der Waals surface area contributed by atoms with Crippen molar-refractivity contribution < 1.29 is 4.74 Å². The van der Waals surface area contributed by atoms with Crippen LogP contribution < -0.4 is 10.2 Å². The van der Waals surface area contributed by atoms with E-state index in [9.17, 15) is 0 Å². The van der Waals surface area contributed by atoms with Crippen molar-refractivity contribution in [1.82, 2.24) is 19.5 Å². The fraction of sp³-hybridized carbons (Fsp3) is 0.0556. The number of ether oxygens (including phenoxy) is 1. The zero-order valence-electron chi connectivity index (χ0n) is 13.5. The van der Waals surface area contributed by atoms with Crippen molar-refractivity contribution in [2.45, 2.75) is 0 Å². The summed E-state index contributed by atoms with van der Waals surface area (Å²) in [6.45, 7) is 0. The molecule has 0 amide bonds. The number of hydrogen-bond acceptors (Lipinski definition) is 4. The third kappa shape index (κ3) is 2.42. The lowest BCUT2D eigenvalue weighted by molar-refractivity contribution is 0.398. The molecule has 24 heavy (non-hydrogen) atoms. The number of rotatable bonds is 3. The van der Waals surface area contributed by atoms with E-state index in [0.29, 0.717) is 5.88 Å². The molecule has 0 atom stereocenters. The summed E-state index contributed by atoms with van der Waals surface area (Å²) in [5.41, 5.74) is 4.87. The average Bonchev–Trinajstić information content (AvgIpc) is 3.01. The number of hydrogen-bond donors (Lipinski definition) is 0. The highest BCUT2D eigenvalue weighted by atomic mass is 16.5. The highest BCUT2D eigenvalue weighted by Crippen LogP contribution is 2.27. The van der Waals surface area contributed by atoms with Gasteiger partial charge in [-0.3, -0.25) is 9.55 Å². The van der Waals surface area contributed by atoms with Crippen LogP contribution in [0.3, 0.4) is 0 Å². The number of imidazole rings is 1. The summed E-state index contributed by atoms with van der Waals surface area (Å²) in [5, 5.41) is 0. The monoisotopic (exact) mass is 314 g/mol. The van der Waals surface area contributed by atoms with E-state index in [-0.39, 0.29) is 0 Å². The maximum absolute atomic E-state index is 5.16. The number of nitrogens with zero attached hydrogens (tertiary/aromatic N) is 4. The molecule has 0 N–H and O–H groups in total. The molecule has 0 fully saturated rings. The SMILES string of the molecule is Bc1ccc2c(c1)nc(-c1ccccn1)n2-c1ccc(OC)nc1. The van der Waals surface area contributed by atoms with Gasteiger partial charge in [-0.25, -0.2) is 9.97 Å². The number of benzene rings is 1. The summed E-state index contributed by atoms with van der Waals surface area (Å²) >= 11 is 0. The van der Waals surface area contributed by atoms with E-state index in [0.717, 1.165) is 28.2 Å². The standard InChI is InChI=1S/C18H15BN4O/c1-24-17-8-6-13(11-21-17)23-16-7-5-12(19)10-15(16)22-18(23)14-4-2-3-9-20-14/h2-11H,19H2,1H3. The van der Waals surface area contributed by atoms with E-state index in [1.807, 2.05) is 30.3 Å². The zero-order valence-corrected chi connectivity index (χ0v) is 13.5. The van der Waals surface area contributed by atoms with Crippen molar-refractivity contribution in [3.05, 3.63) is 60.9 Å². The third-order valence-electron chi connectivity index (χ3n) is 3.89. The van der Waals surface area contributed by atoms with Gasteiger partial charge < -0.3 is 4.74 Å². The molecule has 0 saturated carbocycles. The Hall–Kier alpha value is -3.15. The van der Waals surface area contributed by atoms with Gasteiger partial charge in [0.1, 0.15) is 13.5 Å². The first-order valence-electron chi connectivity index (χ1n) is 7.67. The van der Waals surface area contributed by atoms with Crippen LogP contribution in [0.5, 0.6) is 5.88 Å². The molecule has 0 radical (unpaired) electrons. The molecular formula is C18H15BN4O. The van der Waals surface area contributed by atoms with Gasteiger partial charge in [-0.2, -0.15) is 0 Å². The fourth-order valence-electron chi connectivity index (χ4n) is 2.74. The van der Waals surface area contributed by atoms with Crippen molar-refractivity contribution in [3.8, 4) is 23.1 Å². The molecule has 0 saturated heterocycles. The van der Waals surface area contributed by atoms with Crippen molar-refractivity contribution in [3.63, 3.8) is 0 Å². The quantitative estimate of drug-likeness (QED) is 0.541.